The van der Waals surface area contributed by atoms with E-state index >= 15 is 0 Å². The van der Waals surface area contributed by atoms with E-state index in [1.165, 1.54) is 12.1 Å². The van der Waals surface area contributed by atoms with Gasteiger partial charge in [-0.1, -0.05) is 30.3 Å². The van der Waals surface area contributed by atoms with Crippen LogP contribution in [0.1, 0.15) is 5.56 Å². The molecule has 0 aliphatic carbocycles. The number of ether oxygens (including phenoxy) is 1. The second-order valence-electron chi connectivity index (χ2n) is 6.21. The van der Waals surface area contributed by atoms with Gasteiger partial charge in [-0.15, -0.1) is 0 Å². The second-order valence-corrected chi connectivity index (χ2v) is 6.21. The Bertz CT molecular complexity index is 1100. The van der Waals surface area contributed by atoms with Crippen molar-refractivity contribution in [3.05, 3.63) is 84.2 Å². The lowest BCUT2D eigenvalue weighted by Crippen LogP contribution is -2.06. The van der Waals surface area contributed by atoms with Crippen LogP contribution in [0.15, 0.2) is 72.8 Å². The fraction of sp³-hybridized carbons (Fsp3) is 0.0909. The van der Waals surface area contributed by atoms with Crippen LogP contribution in [0.2, 0.25) is 0 Å². The Kier molecular flexibility index (Phi) is 5.01. The molecule has 0 fully saturated rings. The lowest BCUT2D eigenvalue weighted by atomic mass is 10.2. The maximum atomic E-state index is 13.1. The molecule has 0 spiro atoms. The molecule has 2 N–H and O–H groups in total. The smallest absolute Gasteiger partial charge is 0.229 e. The Morgan fingerprint density at radius 2 is 1.64 bits per heavy atom. The number of hydrogen-bond donors (Lipinski definition) is 2. The standard InChI is InChI=1S/C22H19FN4O/c1-28-20-9-5-2-6-15(20)14-24-21-18-7-3-4-8-19(18)26-22(27-21)25-17-12-10-16(23)11-13-17/h2-13H,14H2,1H3,(H2,24,25,26,27). The van der Waals surface area contributed by atoms with Crippen LogP contribution in [0, 0.1) is 5.82 Å². The number of halogens is 1. The maximum absolute atomic E-state index is 13.1. The van der Waals surface area contributed by atoms with E-state index < -0.39 is 0 Å². The molecular formula is C22H19FN4O. The van der Waals surface area contributed by atoms with Gasteiger partial charge in [-0.2, -0.15) is 4.98 Å². The average Bonchev–Trinajstić information content (AvgIpc) is 2.74. The van der Waals surface area contributed by atoms with Crippen LogP contribution < -0.4 is 15.4 Å². The minimum absolute atomic E-state index is 0.288. The Hall–Kier alpha value is -3.67. The molecule has 4 aromatic rings. The first-order valence-electron chi connectivity index (χ1n) is 8.88. The summed E-state index contributed by atoms with van der Waals surface area (Å²) in [5.41, 5.74) is 2.55. The molecule has 0 unspecified atom stereocenters. The van der Waals surface area contributed by atoms with Crippen molar-refractivity contribution >= 4 is 28.4 Å². The zero-order valence-electron chi connectivity index (χ0n) is 15.3. The summed E-state index contributed by atoms with van der Waals surface area (Å²) >= 11 is 0. The molecule has 140 valence electrons. The van der Waals surface area contributed by atoms with Gasteiger partial charge >= 0.3 is 0 Å². The van der Waals surface area contributed by atoms with Crippen molar-refractivity contribution in [2.75, 3.05) is 17.7 Å². The number of hydrogen-bond acceptors (Lipinski definition) is 5. The Morgan fingerprint density at radius 3 is 2.46 bits per heavy atom. The number of para-hydroxylation sites is 2. The van der Waals surface area contributed by atoms with Crippen LogP contribution >= 0.6 is 0 Å². The minimum Gasteiger partial charge on any atom is -0.496 e. The van der Waals surface area contributed by atoms with Crippen molar-refractivity contribution in [2.45, 2.75) is 6.54 Å². The van der Waals surface area contributed by atoms with E-state index in [0.29, 0.717) is 24.0 Å². The summed E-state index contributed by atoms with van der Waals surface area (Å²) in [5.74, 6) is 1.68. The Morgan fingerprint density at radius 1 is 0.893 bits per heavy atom. The molecule has 6 heteroatoms. The molecule has 0 saturated heterocycles. The van der Waals surface area contributed by atoms with Crippen molar-refractivity contribution in [3.63, 3.8) is 0 Å². The van der Waals surface area contributed by atoms with Crippen molar-refractivity contribution in [3.8, 4) is 5.75 Å². The van der Waals surface area contributed by atoms with Crippen LogP contribution in [-0.2, 0) is 6.54 Å². The van der Waals surface area contributed by atoms with Gasteiger partial charge in [-0.05, 0) is 42.5 Å². The first-order chi connectivity index (χ1) is 13.7. The molecular weight excluding hydrogens is 355 g/mol. The summed E-state index contributed by atoms with van der Waals surface area (Å²) in [6.45, 7) is 0.557. The van der Waals surface area contributed by atoms with E-state index in [1.807, 2.05) is 48.5 Å². The number of aromatic nitrogens is 2. The third kappa shape index (κ3) is 3.86. The van der Waals surface area contributed by atoms with E-state index in [0.717, 1.165) is 22.2 Å². The van der Waals surface area contributed by atoms with Gasteiger partial charge in [0.05, 0.1) is 12.6 Å². The second kappa shape index (κ2) is 7.92. The highest BCUT2D eigenvalue weighted by atomic mass is 19.1. The summed E-state index contributed by atoms with van der Waals surface area (Å²) in [6.07, 6.45) is 0. The summed E-state index contributed by atoms with van der Waals surface area (Å²) in [6, 6.07) is 21.7. The lowest BCUT2D eigenvalue weighted by molar-refractivity contribution is 0.410. The molecule has 28 heavy (non-hydrogen) atoms. The normalized spacial score (nSPS) is 10.6. The fourth-order valence-corrected chi connectivity index (χ4v) is 2.96. The van der Waals surface area contributed by atoms with E-state index in [2.05, 4.69) is 20.6 Å². The predicted octanol–water partition coefficient (Wildman–Crippen LogP) is 5.13. The number of nitrogens with zero attached hydrogens (tertiary/aromatic N) is 2. The molecule has 0 radical (unpaired) electrons. The molecule has 0 amide bonds. The van der Waals surface area contributed by atoms with E-state index in [9.17, 15) is 4.39 Å². The van der Waals surface area contributed by atoms with Crippen molar-refractivity contribution < 1.29 is 9.13 Å². The number of anilines is 3. The molecule has 0 bridgehead atoms. The molecule has 1 aromatic heterocycles. The van der Waals surface area contributed by atoms with Gasteiger partial charge in [0.2, 0.25) is 5.95 Å². The third-order valence-corrected chi connectivity index (χ3v) is 4.34. The highest BCUT2D eigenvalue weighted by molar-refractivity contribution is 5.90. The molecule has 5 nitrogen and oxygen atoms in total. The number of methoxy groups -OCH3 is 1. The number of fused-ring (bicyclic) bond motifs is 1. The zero-order valence-corrected chi connectivity index (χ0v) is 15.3. The number of benzene rings is 3. The quantitative estimate of drug-likeness (QED) is 0.490. The highest BCUT2D eigenvalue weighted by Crippen LogP contribution is 2.25. The molecule has 0 aliphatic heterocycles. The van der Waals surface area contributed by atoms with Gasteiger partial charge in [0.1, 0.15) is 17.4 Å². The minimum atomic E-state index is -0.288. The van der Waals surface area contributed by atoms with Crippen LogP contribution in [-0.4, -0.2) is 17.1 Å². The molecule has 4 rings (SSSR count). The van der Waals surface area contributed by atoms with Crippen LogP contribution in [0.25, 0.3) is 10.9 Å². The van der Waals surface area contributed by atoms with E-state index in [1.54, 1.807) is 19.2 Å². The highest BCUT2D eigenvalue weighted by Gasteiger charge is 2.09. The Labute approximate surface area is 162 Å². The fourth-order valence-electron chi connectivity index (χ4n) is 2.96. The average molecular weight is 374 g/mol. The van der Waals surface area contributed by atoms with Crippen LogP contribution in [0.5, 0.6) is 5.75 Å². The van der Waals surface area contributed by atoms with Crippen molar-refractivity contribution in [2.24, 2.45) is 0 Å². The summed E-state index contributed by atoms with van der Waals surface area (Å²) in [5, 5.41) is 7.43. The van der Waals surface area contributed by atoms with Gasteiger partial charge in [-0.25, -0.2) is 9.37 Å². The summed E-state index contributed by atoms with van der Waals surface area (Å²) in [7, 11) is 1.66. The van der Waals surface area contributed by atoms with Crippen LogP contribution in [0.3, 0.4) is 0 Å². The lowest BCUT2D eigenvalue weighted by Gasteiger charge is -2.13. The maximum Gasteiger partial charge on any atom is 0.229 e. The zero-order chi connectivity index (χ0) is 19.3. The molecule has 0 saturated carbocycles. The van der Waals surface area contributed by atoms with E-state index in [-0.39, 0.29) is 5.82 Å². The monoisotopic (exact) mass is 374 g/mol. The third-order valence-electron chi connectivity index (χ3n) is 4.34. The molecule has 0 aliphatic rings. The predicted molar refractivity (Wildman–Crippen MR) is 110 cm³/mol. The van der Waals surface area contributed by atoms with Gasteiger partial charge in [0.15, 0.2) is 0 Å². The Balaban J connectivity index is 1.65. The topological polar surface area (TPSA) is 59.1 Å². The first-order valence-corrected chi connectivity index (χ1v) is 8.88. The summed E-state index contributed by atoms with van der Waals surface area (Å²) in [4.78, 5) is 9.18. The number of rotatable bonds is 6. The largest absolute Gasteiger partial charge is 0.496 e. The first kappa shape index (κ1) is 17.7. The molecule has 0 atom stereocenters. The van der Waals surface area contributed by atoms with Gasteiger partial charge in [-0.3, -0.25) is 0 Å². The van der Waals surface area contributed by atoms with Gasteiger partial charge < -0.3 is 15.4 Å². The van der Waals surface area contributed by atoms with Crippen LogP contribution in [0.4, 0.5) is 21.8 Å². The van der Waals surface area contributed by atoms with E-state index in [4.69, 9.17) is 4.74 Å². The SMILES string of the molecule is COc1ccccc1CNc1nc(Nc2ccc(F)cc2)nc2ccccc12. The van der Waals surface area contributed by atoms with Crippen molar-refractivity contribution in [1.82, 2.24) is 9.97 Å². The summed E-state index contributed by atoms with van der Waals surface area (Å²) < 4.78 is 18.6. The van der Waals surface area contributed by atoms with Crippen molar-refractivity contribution in [1.29, 1.82) is 0 Å². The number of nitrogens with one attached hydrogen (secondary N) is 2. The van der Waals surface area contributed by atoms with Gasteiger partial charge in [0, 0.05) is 23.2 Å². The van der Waals surface area contributed by atoms with Gasteiger partial charge in [0.25, 0.3) is 0 Å². The molecule has 3 aromatic carbocycles. The molecule has 1 heterocycles.